The first kappa shape index (κ1) is 21.0. The fourth-order valence-corrected chi connectivity index (χ4v) is 3.05. The molecule has 2 aromatic carbocycles. The second kappa shape index (κ2) is 9.58. The van der Waals surface area contributed by atoms with Crippen LogP contribution in [-0.2, 0) is 37.7 Å². The molecule has 0 spiro atoms. The number of hydrogen-bond donors (Lipinski definition) is 1. The van der Waals surface area contributed by atoms with Gasteiger partial charge in [-0.25, -0.2) is 0 Å². The van der Waals surface area contributed by atoms with Crippen molar-refractivity contribution in [1.82, 2.24) is 15.0 Å². The first-order valence-corrected chi connectivity index (χ1v) is 8.77. The van der Waals surface area contributed by atoms with Crippen LogP contribution in [0.4, 0.5) is 0 Å². The quantitative estimate of drug-likeness (QED) is 0.302. The summed E-state index contributed by atoms with van der Waals surface area (Å²) >= 11 is 0. The summed E-state index contributed by atoms with van der Waals surface area (Å²) in [5.41, 5.74) is 3.27. The van der Waals surface area contributed by atoms with Crippen molar-refractivity contribution in [3.63, 3.8) is 0 Å². The van der Waals surface area contributed by atoms with Crippen molar-refractivity contribution >= 4 is 16.6 Å². The third-order valence-corrected chi connectivity index (χ3v) is 4.15. The van der Waals surface area contributed by atoms with E-state index in [4.69, 9.17) is 5.11 Å². The summed E-state index contributed by atoms with van der Waals surface area (Å²) in [6, 6.07) is 15.6. The van der Waals surface area contributed by atoms with Crippen molar-refractivity contribution < 1.29 is 30.0 Å². The SMILES string of the molecule is CC(=O)/C=C(/C)O.[Ir].[c-]1ccc2ccccc2c1-n1nc2c(n1)CCCC2. The molecule has 1 aliphatic carbocycles. The van der Waals surface area contributed by atoms with E-state index in [2.05, 4.69) is 34.5 Å². The molecule has 0 saturated heterocycles. The Kier molecular flexibility index (Phi) is 7.45. The standard InChI is InChI=1S/C16H14N3.C5H8O2.Ir/c1-2-8-13-12(6-1)7-5-11-16(13)19-17-14-9-3-4-10-15(14)18-19;1-4(6)3-5(2)7;/h1-2,5-8H,3-4,9-10H2;3,6H,1-2H3;/q-1;;/b;4-3-;. The van der Waals surface area contributed by atoms with Gasteiger partial charge in [-0.05, 0) is 45.2 Å². The summed E-state index contributed by atoms with van der Waals surface area (Å²) in [6.07, 6.45) is 5.73. The number of carbonyl (C=O) groups is 1. The van der Waals surface area contributed by atoms with Gasteiger partial charge in [-0.15, -0.1) is 16.8 Å². The number of allylic oxidation sites excluding steroid dienone is 2. The molecule has 143 valence electrons. The maximum Gasteiger partial charge on any atom is 0.155 e. The Morgan fingerprint density at radius 1 is 1.11 bits per heavy atom. The van der Waals surface area contributed by atoms with Crippen molar-refractivity contribution in [3.05, 3.63) is 65.7 Å². The van der Waals surface area contributed by atoms with E-state index in [0.717, 1.165) is 35.3 Å². The van der Waals surface area contributed by atoms with Crippen molar-refractivity contribution in [2.75, 3.05) is 0 Å². The van der Waals surface area contributed by atoms with Crippen molar-refractivity contribution in [2.45, 2.75) is 39.5 Å². The van der Waals surface area contributed by atoms with Crippen molar-refractivity contribution in [1.29, 1.82) is 0 Å². The number of rotatable bonds is 2. The molecule has 0 fully saturated rings. The van der Waals surface area contributed by atoms with Crippen molar-refractivity contribution in [2.24, 2.45) is 0 Å². The predicted molar refractivity (Wildman–Crippen MR) is 101 cm³/mol. The number of aliphatic hydroxyl groups is 1. The number of aryl methyl sites for hydroxylation is 2. The van der Waals surface area contributed by atoms with E-state index in [0.29, 0.717) is 0 Å². The fourth-order valence-electron chi connectivity index (χ4n) is 3.05. The van der Waals surface area contributed by atoms with Crippen molar-refractivity contribution in [3.8, 4) is 5.69 Å². The first-order chi connectivity index (χ1) is 12.5. The molecule has 1 aliphatic rings. The smallest absolute Gasteiger partial charge is 0.155 e. The summed E-state index contributed by atoms with van der Waals surface area (Å²) in [5.74, 6) is -0.0625. The average molecular weight is 541 g/mol. The Hall–Kier alpha value is -2.30. The minimum atomic E-state index is -0.125. The average Bonchev–Trinajstić information content (AvgIpc) is 3.04. The molecule has 0 atom stereocenters. The zero-order valence-corrected chi connectivity index (χ0v) is 17.8. The molecule has 1 radical (unpaired) electrons. The van der Waals surface area contributed by atoms with Crippen LogP contribution >= 0.6 is 0 Å². The molecule has 27 heavy (non-hydrogen) atoms. The minimum absolute atomic E-state index is 0. The monoisotopic (exact) mass is 541 g/mol. The topological polar surface area (TPSA) is 68.0 Å². The third kappa shape index (κ3) is 5.34. The van der Waals surface area contributed by atoms with Gasteiger partial charge in [-0.3, -0.25) is 4.79 Å². The Morgan fingerprint density at radius 2 is 1.74 bits per heavy atom. The molecule has 0 aliphatic heterocycles. The summed E-state index contributed by atoms with van der Waals surface area (Å²) in [6.45, 7) is 2.85. The summed E-state index contributed by atoms with van der Waals surface area (Å²) < 4.78 is 0. The Balaban J connectivity index is 0.000000285. The van der Waals surface area contributed by atoms with Gasteiger partial charge in [0.05, 0.1) is 17.1 Å². The van der Waals surface area contributed by atoms with Crippen LogP contribution in [0.1, 0.15) is 38.1 Å². The van der Waals surface area contributed by atoms with Crippen LogP contribution in [0.15, 0.2) is 48.2 Å². The molecule has 0 bridgehead atoms. The summed E-state index contributed by atoms with van der Waals surface area (Å²) in [4.78, 5) is 11.8. The van der Waals surface area contributed by atoms with Gasteiger partial charge in [-0.2, -0.15) is 33.2 Å². The minimum Gasteiger partial charge on any atom is -0.512 e. The Labute approximate surface area is 172 Å². The fraction of sp³-hybridized carbons (Fsp3) is 0.286. The first-order valence-electron chi connectivity index (χ1n) is 8.77. The molecule has 1 heterocycles. The number of aromatic nitrogens is 3. The molecule has 3 aromatic rings. The molecular weight excluding hydrogens is 518 g/mol. The van der Waals surface area contributed by atoms with Crippen LogP contribution in [0.5, 0.6) is 0 Å². The van der Waals surface area contributed by atoms with Crippen LogP contribution < -0.4 is 0 Å². The molecule has 0 saturated carbocycles. The number of hydrogen-bond acceptors (Lipinski definition) is 4. The van der Waals surface area contributed by atoms with Crippen LogP contribution in [0, 0.1) is 6.07 Å². The second-order valence-electron chi connectivity index (χ2n) is 6.40. The number of aliphatic hydroxyl groups excluding tert-OH is 1. The van der Waals surface area contributed by atoms with Gasteiger partial charge in [0.15, 0.2) is 5.78 Å². The van der Waals surface area contributed by atoms with E-state index in [-0.39, 0.29) is 31.6 Å². The molecule has 0 unspecified atom stereocenters. The molecular formula is C21H22IrN3O2-. The van der Waals surface area contributed by atoms with E-state index in [1.54, 1.807) is 4.80 Å². The molecule has 5 nitrogen and oxygen atoms in total. The number of carbonyl (C=O) groups excluding carboxylic acids is 1. The van der Waals surface area contributed by atoms with Gasteiger partial charge in [0.2, 0.25) is 0 Å². The van der Waals surface area contributed by atoms with Crippen LogP contribution in [0.3, 0.4) is 0 Å². The van der Waals surface area contributed by atoms with E-state index in [1.165, 1.54) is 38.2 Å². The Morgan fingerprint density at radius 3 is 2.30 bits per heavy atom. The summed E-state index contributed by atoms with van der Waals surface area (Å²) in [5, 5.41) is 20.0. The van der Waals surface area contributed by atoms with E-state index in [1.807, 2.05) is 18.2 Å². The molecule has 1 N–H and O–H groups in total. The largest absolute Gasteiger partial charge is 0.512 e. The second-order valence-corrected chi connectivity index (χ2v) is 6.40. The van der Waals surface area contributed by atoms with Gasteiger partial charge < -0.3 is 5.11 Å². The third-order valence-electron chi connectivity index (χ3n) is 4.15. The molecule has 0 amide bonds. The zero-order chi connectivity index (χ0) is 18.5. The maximum absolute atomic E-state index is 10.0. The summed E-state index contributed by atoms with van der Waals surface area (Å²) in [7, 11) is 0. The maximum atomic E-state index is 10.0. The van der Waals surface area contributed by atoms with Crippen LogP contribution in [0.2, 0.25) is 0 Å². The number of nitrogens with zero attached hydrogens (tertiary/aromatic N) is 3. The normalized spacial score (nSPS) is 13.2. The zero-order valence-electron chi connectivity index (χ0n) is 15.4. The van der Waals surface area contributed by atoms with E-state index in [9.17, 15) is 4.79 Å². The predicted octanol–water partition coefficient (Wildman–Crippen LogP) is 4.13. The number of fused-ring (bicyclic) bond motifs is 2. The van der Waals surface area contributed by atoms with Gasteiger partial charge in [0.1, 0.15) is 0 Å². The van der Waals surface area contributed by atoms with Gasteiger partial charge in [0.25, 0.3) is 0 Å². The number of ketones is 1. The van der Waals surface area contributed by atoms with Gasteiger partial charge in [0, 0.05) is 26.2 Å². The molecule has 6 heteroatoms. The van der Waals surface area contributed by atoms with Crippen LogP contribution in [0.25, 0.3) is 16.5 Å². The van der Waals surface area contributed by atoms with Gasteiger partial charge >= 0.3 is 0 Å². The number of benzene rings is 2. The van der Waals surface area contributed by atoms with Gasteiger partial charge in [-0.1, -0.05) is 18.2 Å². The van der Waals surface area contributed by atoms with Crippen LogP contribution in [-0.4, -0.2) is 25.9 Å². The molecule has 4 rings (SSSR count). The Bertz CT molecular complexity index is 930. The van der Waals surface area contributed by atoms with E-state index >= 15 is 0 Å². The molecule has 1 aromatic heterocycles. The van der Waals surface area contributed by atoms with E-state index < -0.39 is 0 Å².